The summed E-state index contributed by atoms with van der Waals surface area (Å²) in [6, 6.07) is 22.7. The quantitative estimate of drug-likeness (QED) is 0.423. The number of hydrogen-bond acceptors (Lipinski definition) is 3. The van der Waals surface area contributed by atoms with Gasteiger partial charge >= 0.3 is 6.03 Å². The molecule has 1 N–H and O–H groups in total. The fraction of sp³-hybridized carbons (Fsp3) is 0.148. The van der Waals surface area contributed by atoms with E-state index >= 15 is 0 Å². The molecular formula is C27H24FN3O3. The molecule has 7 heteroatoms. The Morgan fingerprint density at radius 3 is 2.35 bits per heavy atom. The zero-order valence-electron chi connectivity index (χ0n) is 18.9. The topological polar surface area (TPSA) is 55.7 Å². The van der Waals surface area contributed by atoms with Crippen LogP contribution in [0.4, 0.5) is 14.9 Å². The Morgan fingerprint density at radius 1 is 0.941 bits per heavy atom. The van der Waals surface area contributed by atoms with Gasteiger partial charge in [0, 0.05) is 35.8 Å². The molecule has 172 valence electrons. The molecule has 0 spiro atoms. The minimum Gasteiger partial charge on any atom is -0.497 e. The van der Waals surface area contributed by atoms with Crippen molar-refractivity contribution in [2.75, 3.05) is 19.5 Å². The molecule has 4 aromatic rings. The number of ether oxygens (including phenoxy) is 2. The monoisotopic (exact) mass is 457 g/mol. The molecule has 0 fully saturated rings. The third-order valence-corrected chi connectivity index (χ3v) is 6.01. The fourth-order valence-electron chi connectivity index (χ4n) is 4.41. The Kier molecular flexibility index (Phi) is 5.67. The summed E-state index contributed by atoms with van der Waals surface area (Å²) in [6.07, 6.45) is 1.99. The van der Waals surface area contributed by atoms with E-state index in [4.69, 9.17) is 9.47 Å². The molecule has 0 unspecified atom stereocenters. The van der Waals surface area contributed by atoms with Gasteiger partial charge in [-0.2, -0.15) is 0 Å². The largest absolute Gasteiger partial charge is 0.497 e. The van der Waals surface area contributed by atoms with E-state index in [2.05, 4.69) is 9.88 Å². The van der Waals surface area contributed by atoms with Gasteiger partial charge in [0.1, 0.15) is 17.3 Å². The van der Waals surface area contributed by atoms with Gasteiger partial charge in [0.2, 0.25) is 0 Å². The number of methoxy groups -OCH3 is 2. The molecule has 1 aliphatic rings. The molecule has 2 amide bonds. The van der Waals surface area contributed by atoms with Crippen molar-refractivity contribution in [3.8, 4) is 17.2 Å². The summed E-state index contributed by atoms with van der Waals surface area (Å²) in [4.78, 5) is 15.5. The minimum absolute atomic E-state index is 0.297. The normalized spacial score (nSPS) is 14.6. The molecular weight excluding hydrogens is 433 g/mol. The highest BCUT2D eigenvalue weighted by Gasteiger charge is 2.33. The van der Waals surface area contributed by atoms with Crippen LogP contribution >= 0.6 is 0 Å². The number of anilines is 1. The maximum atomic E-state index is 13.8. The summed E-state index contributed by atoms with van der Waals surface area (Å²) in [7, 11) is 3.12. The van der Waals surface area contributed by atoms with Crippen molar-refractivity contribution in [2.24, 2.45) is 0 Å². The predicted molar refractivity (Wildman–Crippen MR) is 128 cm³/mol. The van der Waals surface area contributed by atoms with E-state index in [1.165, 1.54) is 12.1 Å². The van der Waals surface area contributed by atoms with E-state index in [-0.39, 0.29) is 11.8 Å². The van der Waals surface area contributed by atoms with Gasteiger partial charge in [-0.15, -0.1) is 0 Å². The third kappa shape index (κ3) is 3.96. The second-order valence-electron chi connectivity index (χ2n) is 8.05. The van der Waals surface area contributed by atoms with E-state index < -0.39 is 6.04 Å². The number of fused-ring (bicyclic) bond motifs is 3. The van der Waals surface area contributed by atoms with Gasteiger partial charge in [0.05, 0.1) is 32.5 Å². The van der Waals surface area contributed by atoms with E-state index in [9.17, 15) is 9.18 Å². The van der Waals surface area contributed by atoms with Gasteiger partial charge in [-0.3, -0.25) is 0 Å². The number of aromatic nitrogens is 1. The third-order valence-electron chi connectivity index (χ3n) is 6.01. The molecule has 3 aromatic carbocycles. The van der Waals surface area contributed by atoms with Crippen molar-refractivity contribution in [1.82, 2.24) is 9.47 Å². The molecule has 5 rings (SSSR count). The first-order valence-corrected chi connectivity index (χ1v) is 10.9. The van der Waals surface area contributed by atoms with Crippen LogP contribution in [0.15, 0.2) is 85.1 Å². The second-order valence-corrected chi connectivity index (χ2v) is 8.05. The molecule has 0 saturated heterocycles. The van der Waals surface area contributed by atoms with Gasteiger partial charge < -0.3 is 24.3 Å². The molecule has 0 saturated carbocycles. The van der Waals surface area contributed by atoms with E-state index in [1.54, 1.807) is 49.5 Å². The average molecular weight is 458 g/mol. The molecule has 0 radical (unpaired) electrons. The standard InChI is InChI=1S/C27H24FN3O3/c1-33-22-14-21(15-23(16-22)34-2)29-27(32)31-17-19-6-3-4-7-24(19)30-13-5-8-25(30)26(31)18-9-11-20(28)12-10-18/h3-16,26H,17H2,1-2H3,(H,29,32)/t26-/m0/s1. The lowest BCUT2D eigenvalue weighted by molar-refractivity contribution is 0.194. The predicted octanol–water partition coefficient (Wildman–Crippen LogP) is 5.77. The number of nitrogens with zero attached hydrogens (tertiary/aromatic N) is 2. The number of carbonyl (C=O) groups is 1. The summed E-state index contributed by atoms with van der Waals surface area (Å²) in [5.41, 5.74) is 4.28. The van der Waals surface area contributed by atoms with Crippen molar-refractivity contribution in [2.45, 2.75) is 12.6 Å². The fourth-order valence-corrected chi connectivity index (χ4v) is 4.41. The Morgan fingerprint density at radius 2 is 1.65 bits per heavy atom. The lowest BCUT2D eigenvalue weighted by Crippen LogP contribution is -2.37. The summed E-state index contributed by atoms with van der Waals surface area (Å²) in [6.45, 7) is 0.368. The Labute approximate surface area is 197 Å². The zero-order valence-corrected chi connectivity index (χ0v) is 18.9. The maximum Gasteiger partial charge on any atom is 0.322 e. The zero-order chi connectivity index (χ0) is 23.7. The molecule has 1 aliphatic heterocycles. The first-order chi connectivity index (χ1) is 16.6. The van der Waals surface area contributed by atoms with E-state index in [0.29, 0.717) is 23.7 Å². The SMILES string of the molecule is COc1cc(NC(=O)N2Cc3ccccc3-n3cccc3[C@@H]2c2ccc(F)cc2)cc(OC)c1. The van der Waals surface area contributed by atoms with Crippen LogP contribution < -0.4 is 14.8 Å². The lowest BCUT2D eigenvalue weighted by atomic mass is 10.0. The highest BCUT2D eigenvalue weighted by Crippen LogP contribution is 2.37. The summed E-state index contributed by atoms with van der Waals surface area (Å²) in [5, 5.41) is 3.00. The first kappa shape index (κ1) is 21.6. The number of para-hydroxylation sites is 1. The average Bonchev–Trinajstić information content (AvgIpc) is 3.28. The van der Waals surface area contributed by atoms with E-state index in [1.807, 2.05) is 42.6 Å². The Balaban J connectivity index is 1.60. The first-order valence-electron chi connectivity index (χ1n) is 10.9. The smallest absolute Gasteiger partial charge is 0.322 e. The van der Waals surface area contributed by atoms with Crippen molar-refractivity contribution in [3.05, 3.63) is 108 Å². The molecule has 0 bridgehead atoms. The number of carbonyl (C=O) groups excluding carboxylic acids is 1. The highest BCUT2D eigenvalue weighted by atomic mass is 19.1. The Bertz CT molecular complexity index is 1310. The van der Waals surface area contributed by atoms with Crippen LogP contribution in [-0.2, 0) is 6.54 Å². The minimum atomic E-state index is -0.435. The molecule has 1 aromatic heterocycles. The van der Waals surface area contributed by atoms with Crippen LogP contribution in [-0.4, -0.2) is 29.7 Å². The van der Waals surface area contributed by atoms with Gasteiger partial charge in [0.25, 0.3) is 0 Å². The molecule has 1 atom stereocenters. The Hall–Kier alpha value is -4.26. The lowest BCUT2D eigenvalue weighted by Gasteiger charge is -2.31. The molecule has 2 heterocycles. The van der Waals surface area contributed by atoms with Gasteiger partial charge in [-0.05, 0) is 41.5 Å². The van der Waals surface area contributed by atoms with Gasteiger partial charge in [-0.1, -0.05) is 30.3 Å². The highest BCUT2D eigenvalue weighted by molar-refractivity contribution is 5.90. The molecule has 0 aliphatic carbocycles. The van der Waals surface area contributed by atoms with Crippen molar-refractivity contribution < 1.29 is 18.7 Å². The van der Waals surface area contributed by atoms with Crippen molar-refractivity contribution >= 4 is 11.7 Å². The maximum absolute atomic E-state index is 13.8. The molecule has 6 nitrogen and oxygen atoms in total. The summed E-state index contributed by atoms with van der Waals surface area (Å²) < 4.78 is 26.5. The number of hydrogen-bond donors (Lipinski definition) is 1. The van der Waals surface area contributed by atoms with Crippen LogP contribution in [0.1, 0.15) is 22.9 Å². The van der Waals surface area contributed by atoms with Crippen LogP contribution in [0, 0.1) is 5.82 Å². The van der Waals surface area contributed by atoms with Crippen molar-refractivity contribution in [3.63, 3.8) is 0 Å². The number of nitrogens with one attached hydrogen (secondary N) is 1. The molecule has 34 heavy (non-hydrogen) atoms. The number of amides is 2. The van der Waals surface area contributed by atoms with Gasteiger partial charge in [0.15, 0.2) is 0 Å². The van der Waals surface area contributed by atoms with Crippen molar-refractivity contribution in [1.29, 1.82) is 0 Å². The van der Waals surface area contributed by atoms with Crippen LogP contribution in [0.2, 0.25) is 0 Å². The van der Waals surface area contributed by atoms with Gasteiger partial charge in [-0.25, -0.2) is 9.18 Å². The second kappa shape index (κ2) is 8.94. The number of benzene rings is 3. The van der Waals surface area contributed by atoms with Crippen LogP contribution in [0.5, 0.6) is 11.5 Å². The van der Waals surface area contributed by atoms with Crippen LogP contribution in [0.25, 0.3) is 5.69 Å². The van der Waals surface area contributed by atoms with Crippen LogP contribution in [0.3, 0.4) is 0 Å². The number of halogens is 1. The summed E-state index contributed by atoms with van der Waals surface area (Å²) >= 11 is 0. The van der Waals surface area contributed by atoms with E-state index in [0.717, 1.165) is 22.5 Å². The number of urea groups is 1. The summed E-state index contributed by atoms with van der Waals surface area (Å²) in [5.74, 6) is 0.815. The number of rotatable bonds is 4.